The number of amides is 2. The quantitative estimate of drug-likeness (QED) is 0.813. The summed E-state index contributed by atoms with van der Waals surface area (Å²) >= 11 is 0. The fraction of sp³-hybridized carbons (Fsp3) is 0.357. The number of carbonyl (C=O) groups is 1. The van der Waals surface area contributed by atoms with E-state index in [-0.39, 0.29) is 17.9 Å². The van der Waals surface area contributed by atoms with Gasteiger partial charge in [-0.2, -0.15) is 0 Å². The van der Waals surface area contributed by atoms with Crippen LogP contribution in [0.1, 0.15) is 6.42 Å². The van der Waals surface area contributed by atoms with E-state index in [0.29, 0.717) is 12.2 Å². The van der Waals surface area contributed by atoms with Gasteiger partial charge >= 0.3 is 6.03 Å². The molecule has 0 saturated carbocycles. The normalized spacial score (nSPS) is 18.8. The molecule has 2 amide bonds. The maximum atomic E-state index is 12.7. The van der Waals surface area contributed by atoms with Crippen LogP contribution in [0.4, 0.5) is 14.9 Å². The summed E-state index contributed by atoms with van der Waals surface area (Å²) in [6, 6.07) is 5.48. The van der Waals surface area contributed by atoms with Crippen LogP contribution in [-0.4, -0.2) is 36.6 Å². The number of benzene rings is 1. The third-order valence-electron chi connectivity index (χ3n) is 3.02. The number of hydrogen-bond acceptors (Lipinski definition) is 2. The highest BCUT2D eigenvalue weighted by Crippen LogP contribution is 2.10. The molecule has 0 radical (unpaired) electrons. The maximum Gasteiger partial charge on any atom is 0.319 e. The first-order valence-electron chi connectivity index (χ1n) is 6.16. The van der Waals surface area contributed by atoms with Crippen LogP contribution in [0.15, 0.2) is 24.3 Å². The highest BCUT2D eigenvalue weighted by molar-refractivity contribution is 5.89. The first-order chi connectivity index (χ1) is 9.17. The minimum atomic E-state index is -0.327. The van der Waals surface area contributed by atoms with E-state index in [9.17, 15) is 9.18 Å². The topological polar surface area (TPSA) is 44.4 Å². The zero-order valence-corrected chi connectivity index (χ0v) is 10.5. The fourth-order valence-corrected chi connectivity index (χ4v) is 2.11. The molecule has 1 heterocycles. The number of carbonyl (C=O) groups excluding carboxylic acids is 1. The molecular formula is C14H16FN3O. The van der Waals surface area contributed by atoms with Gasteiger partial charge < -0.3 is 10.6 Å². The van der Waals surface area contributed by atoms with Crippen LogP contribution in [0.5, 0.6) is 0 Å². The van der Waals surface area contributed by atoms with Crippen molar-refractivity contribution in [3.05, 3.63) is 30.1 Å². The lowest BCUT2D eigenvalue weighted by atomic mass is 10.3. The molecule has 1 atom stereocenters. The maximum absolute atomic E-state index is 12.7. The number of nitrogens with one attached hydrogen (secondary N) is 2. The lowest BCUT2D eigenvalue weighted by Crippen LogP contribution is -2.39. The Bertz CT molecular complexity index is 480. The van der Waals surface area contributed by atoms with Gasteiger partial charge in [-0.3, -0.25) is 4.90 Å². The van der Waals surface area contributed by atoms with E-state index in [1.54, 1.807) is 0 Å². The molecule has 1 aliphatic rings. The molecule has 1 aliphatic heterocycles. The number of halogens is 1. The Morgan fingerprint density at radius 1 is 1.47 bits per heavy atom. The van der Waals surface area contributed by atoms with Gasteiger partial charge in [0.25, 0.3) is 0 Å². The van der Waals surface area contributed by atoms with Crippen LogP contribution in [0.3, 0.4) is 0 Å². The smallest absolute Gasteiger partial charge is 0.319 e. The molecule has 1 aromatic rings. The van der Waals surface area contributed by atoms with E-state index in [2.05, 4.69) is 21.5 Å². The average Bonchev–Trinajstić information content (AvgIpc) is 2.80. The van der Waals surface area contributed by atoms with Crippen LogP contribution < -0.4 is 10.6 Å². The second kappa shape index (κ2) is 6.21. The van der Waals surface area contributed by atoms with E-state index >= 15 is 0 Å². The third-order valence-corrected chi connectivity index (χ3v) is 3.02. The highest BCUT2D eigenvalue weighted by atomic mass is 19.1. The largest absolute Gasteiger partial charge is 0.334 e. The lowest BCUT2D eigenvalue weighted by molar-refractivity contribution is 0.248. The van der Waals surface area contributed by atoms with Gasteiger partial charge in [0.2, 0.25) is 0 Å². The molecule has 2 rings (SSSR count). The second-order valence-electron chi connectivity index (χ2n) is 4.53. The van der Waals surface area contributed by atoms with E-state index in [1.807, 2.05) is 0 Å². The lowest BCUT2D eigenvalue weighted by Gasteiger charge is -2.14. The molecule has 0 aromatic heterocycles. The van der Waals surface area contributed by atoms with Crippen molar-refractivity contribution in [2.75, 3.05) is 25.0 Å². The van der Waals surface area contributed by atoms with E-state index in [4.69, 9.17) is 6.42 Å². The van der Waals surface area contributed by atoms with Crippen molar-refractivity contribution in [1.82, 2.24) is 10.2 Å². The Hall–Kier alpha value is -2.06. The molecule has 1 aromatic carbocycles. The van der Waals surface area contributed by atoms with E-state index in [1.165, 1.54) is 24.3 Å². The van der Waals surface area contributed by atoms with Crippen molar-refractivity contribution < 1.29 is 9.18 Å². The summed E-state index contributed by atoms with van der Waals surface area (Å²) < 4.78 is 12.7. The number of anilines is 1. The predicted molar refractivity (Wildman–Crippen MR) is 72.2 cm³/mol. The number of rotatable bonds is 3. The Morgan fingerprint density at radius 3 is 2.89 bits per heavy atom. The van der Waals surface area contributed by atoms with Crippen molar-refractivity contribution in [2.45, 2.75) is 12.5 Å². The molecule has 2 N–H and O–H groups in total. The minimum Gasteiger partial charge on any atom is -0.334 e. The summed E-state index contributed by atoms with van der Waals surface area (Å²) in [5.74, 6) is 2.26. The summed E-state index contributed by atoms with van der Waals surface area (Å²) in [7, 11) is 0. The van der Waals surface area contributed by atoms with Crippen LogP contribution in [0.2, 0.25) is 0 Å². The summed E-state index contributed by atoms with van der Waals surface area (Å²) in [5, 5.41) is 5.54. The van der Waals surface area contributed by atoms with Crippen molar-refractivity contribution in [2.24, 2.45) is 0 Å². The monoisotopic (exact) mass is 261 g/mol. The molecule has 0 bridgehead atoms. The molecule has 19 heavy (non-hydrogen) atoms. The zero-order chi connectivity index (χ0) is 13.7. The average molecular weight is 261 g/mol. The second-order valence-corrected chi connectivity index (χ2v) is 4.53. The Balaban J connectivity index is 1.79. The molecule has 0 spiro atoms. The predicted octanol–water partition coefficient (Wildman–Crippen LogP) is 1.65. The van der Waals surface area contributed by atoms with Crippen LogP contribution in [-0.2, 0) is 0 Å². The number of hydrogen-bond donors (Lipinski definition) is 2. The Morgan fingerprint density at radius 2 is 2.21 bits per heavy atom. The highest BCUT2D eigenvalue weighted by Gasteiger charge is 2.22. The summed E-state index contributed by atoms with van der Waals surface area (Å²) in [6.45, 7) is 2.27. The van der Waals surface area contributed by atoms with Crippen molar-refractivity contribution in [3.8, 4) is 12.3 Å². The molecular weight excluding hydrogens is 245 g/mol. The number of nitrogens with zero attached hydrogens (tertiary/aromatic N) is 1. The van der Waals surface area contributed by atoms with E-state index in [0.717, 1.165) is 19.5 Å². The Kier molecular flexibility index (Phi) is 4.37. The standard InChI is InChI=1S/C14H16FN3O/c1-2-8-18-9-7-13(10-18)17-14(19)16-12-5-3-11(15)4-6-12/h1,3-6,13H,7-10H2,(H2,16,17,19). The van der Waals surface area contributed by atoms with Gasteiger partial charge in [-0.05, 0) is 30.7 Å². The van der Waals surface area contributed by atoms with Gasteiger partial charge in [-0.1, -0.05) is 5.92 Å². The van der Waals surface area contributed by atoms with Crippen LogP contribution >= 0.6 is 0 Å². The van der Waals surface area contributed by atoms with Gasteiger partial charge in [-0.25, -0.2) is 9.18 Å². The first kappa shape index (κ1) is 13.4. The van der Waals surface area contributed by atoms with E-state index < -0.39 is 0 Å². The van der Waals surface area contributed by atoms with Gasteiger partial charge in [0.05, 0.1) is 6.54 Å². The fourth-order valence-electron chi connectivity index (χ4n) is 2.11. The van der Waals surface area contributed by atoms with Gasteiger partial charge in [0, 0.05) is 24.8 Å². The molecule has 100 valence electrons. The third kappa shape index (κ3) is 3.97. The number of urea groups is 1. The summed E-state index contributed by atoms with van der Waals surface area (Å²) in [4.78, 5) is 13.9. The molecule has 0 aliphatic carbocycles. The molecule has 1 unspecified atom stereocenters. The minimum absolute atomic E-state index is 0.105. The van der Waals surface area contributed by atoms with Gasteiger partial charge in [-0.15, -0.1) is 6.42 Å². The van der Waals surface area contributed by atoms with Gasteiger partial charge in [0.1, 0.15) is 5.82 Å². The molecule has 4 nitrogen and oxygen atoms in total. The molecule has 5 heteroatoms. The van der Waals surface area contributed by atoms with Crippen molar-refractivity contribution in [1.29, 1.82) is 0 Å². The SMILES string of the molecule is C#CCN1CCC(NC(=O)Nc2ccc(F)cc2)C1. The summed E-state index contributed by atoms with van der Waals surface area (Å²) in [6.07, 6.45) is 6.13. The molecule has 1 saturated heterocycles. The zero-order valence-electron chi connectivity index (χ0n) is 10.5. The Labute approximate surface area is 112 Å². The molecule has 1 fully saturated rings. The van der Waals surface area contributed by atoms with Crippen LogP contribution in [0, 0.1) is 18.2 Å². The van der Waals surface area contributed by atoms with Crippen molar-refractivity contribution in [3.63, 3.8) is 0 Å². The summed E-state index contributed by atoms with van der Waals surface area (Å²) in [5.41, 5.74) is 0.567. The van der Waals surface area contributed by atoms with Crippen LogP contribution in [0.25, 0.3) is 0 Å². The number of terminal acetylenes is 1. The number of likely N-dealkylation sites (tertiary alicyclic amines) is 1. The van der Waals surface area contributed by atoms with Gasteiger partial charge in [0.15, 0.2) is 0 Å². The first-order valence-corrected chi connectivity index (χ1v) is 6.16. The van der Waals surface area contributed by atoms with Crippen molar-refractivity contribution >= 4 is 11.7 Å².